The van der Waals surface area contributed by atoms with Gasteiger partial charge in [0.2, 0.25) is 0 Å². The van der Waals surface area contributed by atoms with Gasteiger partial charge in [-0.15, -0.1) is 0 Å². The van der Waals surface area contributed by atoms with Crippen LogP contribution in [0.25, 0.3) is 0 Å². The Hall–Kier alpha value is -1.22. The number of benzene rings is 1. The number of carbonyl (C=O) groups excluding carboxylic acids is 1. The quantitative estimate of drug-likeness (QED) is 0.884. The molecule has 1 N–H and O–H groups in total. The number of phenolic OH excluding ortho intramolecular Hbond substituents is 1. The molecule has 1 aromatic carbocycles. The molecule has 0 heterocycles. The summed E-state index contributed by atoms with van der Waals surface area (Å²) in [5.74, 6) is 0.124. The summed E-state index contributed by atoms with van der Waals surface area (Å²) in [6.45, 7) is 4.72. The van der Waals surface area contributed by atoms with Crippen LogP contribution in [0, 0.1) is 5.92 Å². The molecule has 0 aromatic heterocycles. The second-order valence-electron chi connectivity index (χ2n) is 4.24. The lowest BCUT2D eigenvalue weighted by Gasteiger charge is -2.19. The average Bonchev–Trinajstić information content (AvgIpc) is 2.15. The molecule has 16 heavy (non-hydrogen) atoms. The zero-order valence-corrected chi connectivity index (χ0v) is 10.5. The SMILES string of the molecule is CC(C)CN(C)C(=O)c1ccc(Cl)cc1O. The van der Waals surface area contributed by atoms with E-state index in [1.54, 1.807) is 18.0 Å². The van der Waals surface area contributed by atoms with Crippen LogP contribution in [0.15, 0.2) is 18.2 Å². The number of phenols is 1. The molecule has 0 aliphatic heterocycles. The lowest BCUT2D eigenvalue weighted by atomic mass is 10.1. The Labute approximate surface area is 101 Å². The van der Waals surface area contributed by atoms with Gasteiger partial charge >= 0.3 is 0 Å². The van der Waals surface area contributed by atoms with Crippen LogP contribution >= 0.6 is 11.6 Å². The van der Waals surface area contributed by atoms with E-state index in [1.165, 1.54) is 12.1 Å². The maximum Gasteiger partial charge on any atom is 0.257 e. The molecule has 0 spiro atoms. The highest BCUT2D eigenvalue weighted by Crippen LogP contribution is 2.23. The molecule has 3 nitrogen and oxygen atoms in total. The van der Waals surface area contributed by atoms with Crippen LogP contribution < -0.4 is 0 Å². The molecule has 0 radical (unpaired) electrons. The van der Waals surface area contributed by atoms with Crippen LogP contribution in [0.5, 0.6) is 5.75 Å². The predicted molar refractivity (Wildman–Crippen MR) is 64.9 cm³/mol. The van der Waals surface area contributed by atoms with Gasteiger partial charge in [-0.2, -0.15) is 0 Å². The Bertz CT molecular complexity index is 391. The molecule has 4 heteroatoms. The average molecular weight is 242 g/mol. The van der Waals surface area contributed by atoms with Crippen LogP contribution in [0.4, 0.5) is 0 Å². The monoisotopic (exact) mass is 241 g/mol. The van der Waals surface area contributed by atoms with Gasteiger partial charge in [0, 0.05) is 18.6 Å². The van der Waals surface area contributed by atoms with Crippen molar-refractivity contribution >= 4 is 17.5 Å². The number of carbonyl (C=O) groups is 1. The van der Waals surface area contributed by atoms with Crippen molar-refractivity contribution in [3.8, 4) is 5.75 Å². The van der Waals surface area contributed by atoms with Crippen molar-refractivity contribution in [3.05, 3.63) is 28.8 Å². The molecule has 1 rings (SSSR count). The van der Waals surface area contributed by atoms with Crippen molar-refractivity contribution in [3.63, 3.8) is 0 Å². The van der Waals surface area contributed by atoms with E-state index in [2.05, 4.69) is 0 Å². The summed E-state index contributed by atoms with van der Waals surface area (Å²) in [6, 6.07) is 4.51. The first kappa shape index (κ1) is 12.8. The number of nitrogens with zero attached hydrogens (tertiary/aromatic N) is 1. The molecule has 0 atom stereocenters. The normalized spacial score (nSPS) is 10.6. The fraction of sp³-hybridized carbons (Fsp3) is 0.417. The number of aromatic hydroxyl groups is 1. The standard InChI is InChI=1S/C12H16ClNO2/c1-8(2)7-14(3)12(16)10-5-4-9(13)6-11(10)15/h4-6,8,15H,7H2,1-3H3. The molecule has 0 fully saturated rings. The van der Waals surface area contributed by atoms with Crippen molar-refractivity contribution in [2.75, 3.05) is 13.6 Å². The van der Waals surface area contributed by atoms with Crippen LogP contribution in [0.1, 0.15) is 24.2 Å². The first-order valence-corrected chi connectivity index (χ1v) is 5.53. The summed E-state index contributed by atoms with van der Waals surface area (Å²) >= 11 is 5.70. The van der Waals surface area contributed by atoms with E-state index in [0.717, 1.165) is 0 Å². The molecule has 0 aliphatic carbocycles. The Morgan fingerprint density at radius 2 is 2.12 bits per heavy atom. The van der Waals surface area contributed by atoms with E-state index in [-0.39, 0.29) is 17.2 Å². The molecule has 1 aromatic rings. The van der Waals surface area contributed by atoms with Gasteiger partial charge in [-0.1, -0.05) is 25.4 Å². The molecular weight excluding hydrogens is 226 g/mol. The van der Waals surface area contributed by atoms with Gasteiger partial charge in [-0.05, 0) is 24.1 Å². The first-order valence-electron chi connectivity index (χ1n) is 5.15. The van der Waals surface area contributed by atoms with Gasteiger partial charge < -0.3 is 10.0 Å². The third kappa shape index (κ3) is 3.14. The number of hydrogen-bond donors (Lipinski definition) is 1. The van der Waals surface area contributed by atoms with Gasteiger partial charge in [0.25, 0.3) is 5.91 Å². The van der Waals surface area contributed by atoms with Crippen molar-refractivity contribution in [1.29, 1.82) is 0 Å². The Balaban J connectivity index is 2.88. The van der Waals surface area contributed by atoms with E-state index in [0.29, 0.717) is 17.5 Å². The second kappa shape index (κ2) is 5.21. The van der Waals surface area contributed by atoms with Crippen LogP contribution in [-0.4, -0.2) is 29.5 Å². The summed E-state index contributed by atoms with van der Waals surface area (Å²) in [5, 5.41) is 10.0. The van der Waals surface area contributed by atoms with Crippen molar-refractivity contribution < 1.29 is 9.90 Å². The lowest BCUT2D eigenvalue weighted by Crippen LogP contribution is -2.30. The summed E-state index contributed by atoms with van der Waals surface area (Å²) in [5.41, 5.74) is 0.285. The van der Waals surface area contributed by atoms with Gasteiger partial charge in [0.1, 0.15) is 5.75 Å². The number of hydrogen-bond acceptors (Lipinski definition) is 2. The van der Waals surface area contributed by atoms with Crippen LogP contribution in [-0.2, 0) is 0 Å². The molecule has 88 valence electrons. The van der Waals surface area contributed by atoms with Gasteiger partial charge in [-0.25, -0.2) is 0 Å². The highest BCUT2D eigenvalue weighted by Gasteiger charge is 2.16. The van der Waals surface area contributed by atoms with E-state index in [4.69, 9.17) is 11.6 Å². The third-order valence-corrected chi connectivity index (χ3v) is 2.41. The fourth-order valence-electron chi connectivity index (χ4n) is 1.52. The fourth-order valence-corrected chi connectivity index (χ4v) is 1.69. The van der Waals surface area contributed by atoms with E-state index < -0.39 is 0 Å². The molecule has 0 bridgehead atoms. The maximum absolute atomic E-state index is 11.9. The van der Waals surface area contributed by atoms with Crippen LogP contribution in [0.2, 0.25) is 5.02 Å². The van der Waals surface area contributed by atoms with Gasteiger partial charge in [0.05, 0.1) is 5.56 Å². The largest absolute Gasteiger partial charge is 0.507 e. The molecule has 0 unspecified atom stereocenters. The Kier molecular flexibility index (Phi) is 4.19. The molecular formula is C12H16ClNO2. The third-order valence-electron chi connectivity index (χ3n) is 2.18. The van der Waals surface area contributed by atoms with E-state index >= 15 is 0 Å². The minimum Gasteiger partial charge on any atom is -0.507 e. The van der Waals surface area contributed by atoms with Gasteiger partial charge in [0.15, 0.2) is 0 Å². The van der Waals surface area contributed by atoms with Crippen molar-refractivity contribution in [1.82, 2.24) is 4.90 Å². The predicted octanol–water partition coefficient (Wildman–Crippen LogP) is 2.77. The topological polar surface area (TPSA) is 40.5 Å². The highest BCUT2D eigenvalue weighted by atomic mass is 35.5. The summed E-state index contributed by atoms with van der Waals surface area (Å²) < 4.78 is 0. The number of amides is 1. The Morgan fingerprint density at radius 3 is 2.62 bits per heavy atom. The van der Waals surface area contributed by atoms with Crippen molar-refractivity contribution in [2.24, 2.45) is 5.92 Å². The first-order chi connectivity index (χ1) is 7.41. The summed E-state index contributed by atoms with van der Waals surface area (Å²) in [6.07, 6.45) is 0. The van der Waals surface area contributed by atoms with Gasteiger partial charge in [-0.3, -0.25) is 4.79 Å². The summed E-state index contributed by atoms with van der Waals surface area (Å²) in [4.78, 5) is 13.5. The minimum atomic E-state index is -0.192. The molecule has 0 saturated heterocycles. The molecule has 0 aliphatic rings. The molecule has 1 amide bonds. The smallest absolute Gasteiger partial charge is 0.257 e. The maximum atomic E-state index is 11.9. The minimum absolute atomic E-state index is 0.0758. The second-order valence-corrected chi connectivity index (χ2v) is 4.68. The number of rotatable bonds is 3. The molecule has 0 saturated carbocycles. The number of halogens is 1. The zero-order valence-electron chi connectivity index (χ0n) is 9.70. The van der Waals surface area contributed by atoms with Crippen LogP contribution in [0.3, 0.4) is 0 Å². The zero-order chi connectivity index (χ0) is 12.3. The lowest BCUT2D eigenvalue weighted by molar-refractivity contribution is 0.0776. The van der Waals surface area contributed by atoms with E-state index in [1.807, 2.05) is 13.8 Å². The Morgan fingerprint density at radius 1 is 1.50 bits per heavy atom. The highest BCUT2D eigenvalue weighted by molar-refractivity contribution is 6.30. The summed E-state index contributed by atoms with van der Waals surface area (Å²) in [7, 11) is 1.72. The van der Waals surface area contributed by atoms with E-state index in [9.17, 15) is 9.90 Å². The van der Waals surface area contributed by atoms with Crippen molar-refractivity contribution in [2.45, 2.75) is 13.8 Å².